The summed E-state index contributed by atoms with van der Waals surface area (Å²) in [5, 5.41) is 0. The van der Waals surface area contributed by atoms with E-state index in [1.807, 2.05) is 54.7 Å². The van der Waals surface area contributed by atoms with Crippen molar-refractivity contribution in [3.05, 3.63) is 60.9 Å². The smallest absolute Gasteiger partial charge is 0.118 e. The van der Waals surface area contributed by atoms with E-state index < -0.39 is 0 Å². The number of aromatic amines is 1. The number of benzene rings is 1. The first kappa shape index (κ1) is 11.5. The fraction of sp³-hybridized carbons (Fsp3) is 0.0625. The highest BCUT2D eigenvalue weighted by Crippen LogP contribution is 2.30. The van der Waals surface area contributed by atoms with Crippen molar-refractivity contribution in [2.75, 3.05) is 7.11 Å². The largest absolute Gasteiger partial charge is 0.497 e. The van der Waals surface area contributed by atoms with Crippen molar-refractivity contribution >= 4 is 0 Å². The zero-order valence-corrected chi connectivity index (χ0v) is 10.6. The molecule has 0 saturated carbocycles. The van der Waals surface area contributed by atoms with Crippen LogP contribution in [-0.4, -0.2) is 17.1 Å². The van der Waals surface area contributed by atoms with Crippen LogP contribution in [0, 0.1) is 0 Å². The van der Waals surface area contributed by atoms with Gasteiger partial charge in [0.2, 0.25) is 0 Å². The van der Waals surface area contributed by atoms with E-state index in [0.29, 0.717) is 0 Å². The van der Waals surface area contributed by atoms with Crippen molar-refractivity contribution in [1.29, 1.82) is 0 Å². The minimum atomic E-state index is 0.856. The van der Waals surface area contributed by atoms with Crippen LogP contribution in [-0.2, 0) is 0 Å². The molecule has 94 valence electrons. The molecule has 2 heterocycles. The number of aromatic nitrogens is 2. The molecule has 19 heavy (non-hydrogen) atoms. The highest BCUT2D eigenvalue weighted by atomic mass is 16.5. The number of ether oxygens (including phenoxy) is 1. The average molecular weight is 250 g/mol. The van der Waals surface area contributed by atoms with Crippen molar-refractivity contribution in [3.8, 4) is 28.3 Å². The molecule has 0 amide bonds. The molecule has 0 aliphatic rings. The normalized spacial score (nSPS) is 10.4. The first-order valence-corrected chi connectivity index (χ1v) is 6.11. The van der Waals surface area contributed by atoms with Crippen molar-refractivity contribution in [1.82, 2.24) is 9.97 Å². The SMILES string of the molecule is COc1ccc(-c2[nH]ccc2-c2ccccn2)cc1. The van der Waals surface area contributed by atoms with Gasteiger partial charge in [-0.2, -0.15) is 0 Å². The van der Waals surface area contributed by atoms with Crippen LogP contribution in [0.2, 0.25) is 0 Å². The van der Waals surface area contributed by atoms with Crippen LogP contribution in [0.25, 0.3) is 22.5 Å². The molecule has 2 aromatic heterocycles. The lowest BCUT2D eigenvalue weighted by Crippen LogP contribution is -1.86. The van der Waals surface area contributed by atoms with Gasteiger partial charge < -0.3 is 9.72 Å². The Labute approximate surface area is 111 Å². The summed E-state index contributed by atoms with van der Waals surface area (Å²) in [4.78, 5) is 7.67. The third-order valence-electron chi connectivity index (χ3n) is 3.07. The molecule has 0 atom stereocenters. The lowest BCUT2D eigenvalue weighted by Gasteiger charge is -2.05. The topological polar surface area (TPSA) is 37.9 Å². The Kier molecular flexibility index (Phi) is 3.02. The van der Waals surface area contributed by atoms with Crippen molar-refractivity contribution in [2.24, 2.45) is 0 Å². The van der Waals surface area contributed by atoms with Gasteiger partial charge in [0.05, 0.1) is 18.5 Å². The molecule has 0 aliphatic carbocycles. The fourth-order valence-corrected chi connectivity index (χ4v) is 2.10. The van der Waals surface area contributed by atoms with Gasteiger partial charge in [-0.3, -0.25) is 4.98 Å². The fourth-order valence-electron chi connectivity index (χ4n) is 2.10. The Morgan fingerprint density at radius 3 is 2.53 bits per heavy atom. The first-order valence-electron chi connectivity index (χ1n) is 6.11. The van der Waals surface area contributed by atoms with Crippen molar-refractivity contribution in [3.63, 3.8) is 0 Å². The molecule has 0 aliphatic heterocycles. The lowest BCUT2D eigenvalue weighted by molar-refractivity contribution is 0.415. The Morgan fingerprint density at radius 2 is 1.84 bits per heavy atom. The summed E-state index contributed by atoms with van der Waals surface area (Å²) < 4.78 is 5.18. The summed E-state index contributed by atoms with van der Waals surface area (Å²) in [7, 11) is 1.67. The minimum absolute atomic E-state index is 0.856. The summed E-state index contributed by atoms with van der Waals surface area (Å²) in [5.41, 5.74) is 4.26. The van der Waals surface area contributed by atoms with Gasteiger partial charge in [-0.1, -0.05) is 6.07 Å². The quantitative estimate of drug-likeness (QED) is 0.768. The van der Waals surface area contributed by atoms with E-state index in [2.05, 4.69) is 9.97 Å². The maximum atomic E-state index is 5.18. The number of methoxy groups -OCH3 is 1. The number of hydrogen-bond donors (Lipinski definition) is 1. The molecule has 3 rings (SSSR count). The average Bonchev–Trinajstić information content (AvgIpc) is 2.98. The summed E-state index contributed by atoms with van der Waals surface area (Å²) in [6.45, 7) is 0. The number of nitrogens with one attached hydrogen (secondary N) is 1. The van der Waals surface area contributed by atoms with Crippen LogP contribution in [0.15, 0.2) is 60.9 Å². The van der Waals surface area contributed by atoms with E-state index in [9.17, 15) is 0 Å². The van der Waals surface area contributed by atoms with E-state index >= 15 is 0 Å². The summed E-state index contributed by atoms with van der Waals surface area (Å²) in [6, 6.07) is 16.0. The molecule has 0 unspecified atom stereocenters. The molecule has 3 nitrogen and oxygen atoms in total. The second kappa shape index (κ2) is 4.98. The van der Waals surface area contributed by atoms with Gasteiger partial charge in [-0.25, -0.2) is 0 Å². The number of hydrogen-bond acceptors (Lipinski definition) is 2. The van der Waals surface area contributed by atoms with Gasteiger partial charge in [0, 0.05) is 18.0 Å². The molecule has 0 bridgehead atoms. The molecule has 0 spiro atoms. The van der Waals surface area contributed by atoms with Crippen LogP contribution >= 0.6 is 0 Å². The second-order valence-electron chi connectivity index (χ2n) is 4.21. The summed E-state index contributed by atoms with van der Waals surface area (Å²) in [5.74, 6) is 0.856. The van der Waals surface area contributed by atoms with E-state index in [1.54, 1.807) is 13.3 Å². The van der Waals surface area contributed by atoms with E-state index in [4.69, 9.17) is 4.74 Å². The van der Waals surface area contributed by atoms with Crippen LogP contribution in [0.3, 0.4) is 0 Å². The molecular formula is C16H14N2O. The number of rotatable bonds is 3. The van der Waals surface area contributed by atoms with Gasteiger partial charge in [-0.15, -0.1) is 0 Å². The highest BCUT2D eigenvalue weighted by Gasteiger charge is 2.09. The summed E-state index contributed by atoms with van der Waals surface area (Å²) in [6.07, 6.45) is 3.74. The van der Waals surface area contributed by atoms with Crippen LogP contribution in [0.5, 0.6) is 5.75 Å². The van der Waals surface area contributed by atoms with E-state index in [1.165, 1.54) is 0 Å². The Bertz CT molecular complexity index is 657. The Hall–Kier alpha value is -2.55. The molecule has 1 N–H and O–H groups in total. The molecule has 0 fully saturated rings. The van der Waals surface area contributed by atoms with E-state index in [-0.39, 0.29) is 0 Å². The molecule has 3 heteroatoms. The third kappa shape index (κ3) is 2.22. The van der Waals surface area contributed by atoms with Crippen molar-refractivity contribution in [2.45, 2.75) is 0 Å². The first-order chi connectivity index (χ1) is 9.38. The molecule has 1 aromatic carbocycles. The van der Waals surface area contributed by atoms with Crippen LogP contribution < -0.4 is 4.74 Å². The predicted molar refractivity (Wildman–Crippen MR) is 76.0 cm³/mol. The van der Waals surface area contributed by atoms with Gasteiger partial charge in [0.15, 0.2) is 0 Å². The van der Waals surface area contributed by atoms with Gasteiger partial charge in [0.25, 0.3) is 0 Å². The van der Waals surface area contributed by atoms with Gasteiger partial charge >= 0.3 is 0 Å². The Morgan fingerprint density at radius 1 is 1.00 bits per heavy atom. The minimum Gasteiger partial charge on any atom is -0.497 e. The van der Waals surface area contributed by atoms with Gasteiger partial charge in [-0.05, 0) is 48.0 Å². The lowest BCUT2D eigenvalue weighted by atomic mass is 10.1. The number of nitrogens with zero attached hydrogens (tertiary/aromatic N) is 1. The van der Waals surface area contributed by atoms with Gasteiger partial charge in [0.1, 0.15) is 5.75 Å². The molecule has 0 saturated heterocycles. The third-order valence-corrected chi connectivity index (χ3v) is 3.07. The maximum absolute atomic E-state index is 5.18. The van der Waals surface area contributed by atoms with Crippen molar-refractivity contribution < 1.29 is 4.74 Å². The monoisotopic (exact) mass is 250 g/mol. The number of pyridine rings is 1. The Balaban J connectivity index is 2.04. The van der Waals surface area contributed by atoms with E-state index in [0.717, 1.165) is 28.3 Å². The molecule has 0 radical (unpaired) electrons. The zero-order chi connectivity index (χ0) is 13.1. The maximum Gasteiger partial charge on any atom is 0.118 e. The number of H-pyrrole nitrogens is 1. The van der Waals surface area contributed by atoms with Crippen LogP contribution in [0.1, 0.15) is 0 Å². The highest BCUT2D eigenvalue weighted by molar-refractivity contribution is 5.79. The molecular weight excluding hydrogens is 236 g/mol. The summed E-state index contributed by atoms with van der Waals surface area (Å²) >= 11 is 0. The second-order valence-corrected chi connectivity index (χ2v) is 4.21. The standard InChI is InChI=1S/C16H14N2O/c1-19-13-7-5-12(6-8-13)16-14(9-11-18-16)15-4-2-3-10-17-15/h2-11,18H,1H3. The molecule has 3 aromatic rings. The van der Waals surface area contributed by atoms with Crippen LogP contribution in [0.4, 0.5) is 0 Å². The zero-order valence-electron chi connectivity index (χ0n) is 10.6. The predicted octanol–water partition coefficient (Wildman–Crippen LogP) is 3.75.